The lowest BCUT2D eigenvalue weighted by Gasteiger charge is -2.10. The van der Waals surface area contributed by atoms with E-state index < -0.39 is 10.0 Å². The van der Waals surface area contributed by atoms with Gasteiger partial charge < -0.3 is 4.74 Å². The molecule has 1 heterocycles. The molecule has 1 aromatic heterocycles. The van der Waals surface area contributed by atoms with E-state index >= 15 is 0 Å². The molecule has 0 bridgehead atoms. The summed E-state index contributed by atoms with van der Waals surface area (Å²) in [5.41, 5.74) is 0.775. The molecule has 0 atom stereocenters. The summed E-state index contributed by atoms with van der Waals surface area (Å²) in [6.07, 6.45) is 3.91. The summed E-state index contributed by atoms with van der Waals surface area (Å²) >= 11 is 0. The van der Waals surface area contributed by atoms with Crippen molar-refractivity contribution in [2.24, 2.45) is 0 Å². The fraction of sp³-hybridized carbons (Fsp3) is 0.176. The van der Waals surface area contributed by atoms with Crippen molar-refractivity contribution >= 4 is 21.9 Å². The minimum atomic E-state index is -3.72. The highest BCUT2D eigenvalue weighted by Crippen LogP contribution is 2.22. The van der Waals surface area contributed by atoms with Crippen LogP contribution in [0.3, 0.4) is 0 Å². The summed E-state index contributed by atoms with van der Waals surface area (Å²) in [4.78, 5) is 4.00. The van der Waals surface area contributed by atoms with E-state index in [1.807, 2.05) is 24.3 Å². The number of aromatic nitrogens is 1. The first-order valence-electron chi connectivity index (χ1n) is 7.31. The molecule has 6 nitrogen and oxygen atoms in total. The van der Waals surface area contributed by atoms with Crippen LogP contribution >= 0.6 is 0 Å². The van der Waals surface area contributed by atoms with Gasteiger partial charge in [-0.25, -0.2) is 13.4 Å². The zero-order valence-electron chi connectivity index (χ0n) is 12.9. The lowest BCUT2D eigenvalue weighted by atomic mass is 10.2. The molecule has 0 unspecified atom stereocenters. The average Bonchev–Trinajstić information content (AvgIpc) is 2.59. The molecular weight excluding hydrogens is 326 g/mol. The van der Waals surface area contributed by atoms with Gasteiger partial charge in [-0.2, -0.15) is 5.26 Å². The second-order valence-electron chi connectivity index (χ2n) is 4.82. The van der Waals surface area contributed by atoms with Crippen molar-refractivity contribution in [1.82, 2.24) is 4.98 Å². The van der Waals surface area contributed by atoms with Gasteiger partial charge in [-0.15, -0.1) is 0 Å². The van der Waals surface area contributed by atoms with E-state index in [2.05, 4.69) is 9.71 Å². The Morgan fingerprint density at radius 2 is 2.00 bits per heavy atom. The largest absolute Gasteiger partial charge is 0.490 e. The number of sulfonamides is 1. The highest BCUT2D eigenvalue weighted by atomic mass is 32.2. The second-order valence-corrected chi connectivity index (χ2v) is 6.39. The maximum Gasteiger partial charge on any atom is 0.256 e. The molecule has 0 saturated carbocycles. The fourth-order valence-corrected chi connectivity index (χ4v) is 2.65. The Hall–Kier alpha value is -2.85. The van der Waals surface area contributed by atoms with Crippen LogP contribution in [0.25, 0.3) is 6.08 Å². The SMILES string of the molecule is N#CCCCOc1cccnc1NS(=O)(=O)C=Cc1ccccc1. The first kappa shape index (κ1) is 17.5. The van der Waals surface area contributed by atoms with Crippen molar-refractivity contribution in [3.63, 3.8) is 0 Å². The molecule has 24 heavy (non-hydrogen) atoms. The monoisotopic (exact) mass is 343 g/mol. The summed E-state index contributed by atoms with van der Waals surface area (Å²) in [7, 11) is -3.72. The Morgan fingerprint density at radius 3 is 2.75 bits per heavy atom. The fourth-order valence-electron chi connectivity index (χ4n) is 1.82. The molecule has 0 spiro atoms. The lowest BCUT2D eigenvalue weighted by Crippen LogP contribution is -2.12. The summed E-state index contributed by atoms with van der Waals surface area (Å²) < 4.78 is 32.2. The van der Waals surface area contributed by atoms with Gasteiger partial charge in [-0.1, -0.05) is 30.3 Å². The molecule has 2 rings (SSSR count). The van der Waals surface area contributed by atoms with E-state index in [1.165, 1.54) is 12.3 Å². The zero-order chi connectivity index (χ0) is 17.3. The lowest BCUT2D eigenvalue weighted by molar-refractivity contribution is 0.313. The molecule has 7 heteroatoms. The molecule has 1 N–H and O–H groups in total. The molecule has 0 radical (unpaired) electrons. The third-order valence-electron chi connectivity index (χ3n) is 2.94. The molecule has 2 aromatic rings. The third-order valence-corrected chi connectivity index (χ3v) is 3.91. The van der Waals surface area contributed by atoms with Gasteiger partial charge in [0.15, 0.2) is 11.6 Å². The third kappa shape index (κ3) is 5.74. The van der Waals surface area contributed by atoms with Crippen molar-refractivity contribution < 1.29 is 13.2 Å². The first-order valence-corrected chi connectivity index (χ1v) is 8.86. The van der Waals surface area contributed by atoms with Crippen LogP contribution in [0, 0.1) is 11.3 Å². The molecule has 0 aliphatic rings. The van der Waals surface area contributed by atoms with E-state index in [0.717, 1.165) is 11.0 Å². The number of hydrogen-bond acceptors (Lipinski definition) is 5. The summed E-state index contributed by atoms with van der Waals surface area (Å²) in [5.74, 6) is 0.444. The minimum absolute atomic E-state index is 0.118. The molecule has 0 aliphatic heterocycles. The van der Waals surface area contributed by atoms with Gasteiger partial charge in [-0.3, -0.25) is 4.72 Å². The number of nitrogens with one attached hydrogen (secondary N) is 1. The van der Waals surface area contributed by atoms with Crippen LogP contribution in [-0.2, 0) is 10.0 Å². The van der Waals surface area contributed by atoms with Gasteiger partial charge >= 0.3 is 0 Å². The maximum atomic E-state index is 12.2. The van der Waals surface area contributed by atoms with Crippen molar-refractivity contribution in [1.29, 1.82) is 5.26 Å². The molecule has 0 amide bonds. The molecule has 1 aromatic carbocycles. The van der Waals surface area contributed by atoms with Crippen molar-refractivity contribution in [2.75, 3.05) is 11.3 Å². The first-order chi connectivity index (χ1) is 11.6. The highest BCUT2D eigenvalue weighted by Gasteiger charge is 2.11. The molecule has 0 fully saturated rings. The Kier molecular flexibility index (Phi) is 6.34. The number of benzene rings is 1. The van der Waals surface area contributed by atoms with Crippen LogP contribution in [0.4, 0.5) is 5.82 Å². The predicted molar refractivity (Wildman–Crippen MR) is 92.6 cm³/mol. The molecule has 0 aliphatic carbocycles. The molecule has 0 saturated heterocycles. The van der Waals surface area contributed by atoms with Crippen LogP contribution in [0.5, 0.6) is 5.75 Å². The van der Waals surface area contributed by atoms with Crippen LogP contribution in [0.2, 0.25) is 0 Å². The Balaban J connectivity index is 2.06. The van der Waals surface area contributed by atoms with Crippen molar-refractivity contribution in [3.05, 3.63) is 59.6 Å². The second kappa shape index (κ2) is 8.70. The van der Waals surface area contributed by atoms with E-state index in [4.69, 9.17) is 10.00 Å². The van der Waals surface area contributed by atoms with E-state index in [1.54, 1.807) is 24.3 Å². The minimum Gasteiger partial charge on any atom is -0.490 e. The molecular formula is C17H17N3O3S. The number of pyridine rings is 1. The Morgan fingerprint density at radius 1 is 1.21 bits per heavy atom. The highest BCUT2D eigenvalue weighted by molar-refractivity contribution is 7.95. The number of hydrogen-bond donors (Lipinski definition) is 1. The number of anilines is 1. The predicted octanol–water partition coefficient (Wildman–Crippen LogP) is 3.18. The van der Waals surface area contributed by atoms with E-state index in [0.29, 0.717) is 25.2 Å². The summed E-state index contributed by atoms with van der Waals surface area (Å²) in [6, 6.07) is 14.4. The van der Waals surface area contributed by atoms with E-state index in [-0.39, 0.29) is 5.82 Å². The van der Waals surface area contributed by atoms with Crippen LogP contribution in [0.15, 0.2) is 54.1 Å². The van der Waals surface area contributed by atoms with Gasteiger partial charge in [0.05, 0.1) is 18.1 Å². The van der Waals surface area contributed by atoms with Gasteiger partial charge in [0.25, 0.3) is 10.0 Å². The topological polar surface area (TPSA) is 92.1 Å². The maximum absolute atomic E-state index is 12.2. The summed E-state index contributed by atoms with van der Waals surface area (Å²) in [5, 5.41) is 9.59. The molecule has 124 valence electrons. The van der Waals surface area contributed by atoms with Gasteiger partial charge in [-0.05, 0) is 30.2 Å². The Labute approximate surface area is 141 Å². The van der Waals surface area contributed by atoms with Crippen LogP contribution in [-0.4, -0.2) is 20.0 Å². The Bertz CT molecular complexity index is 828. The summed E-state index contributed by atoms with van der Waals surface area (Å²) in [6.45, 7) is 0.313. The number of ether oxygens (including phenoxy) is 1. The number of nitriles is 1. The van der Waals surface area contributed by atoms with Crippen molar-refractivity contribution in [2.45, 2.75) is 12.8 Å². The standard InChI is InChI=1S/C17H17N3O3S/c18-11-4-5-13-23-16-9-6-12-19-17(16)20-24(21,22)14-10-15-7-2-1-3-8-15/h1-3,6-10,12,14H,4-5,13H2,(H,19,20). The quantitative estimate of drug-likeness (QED) is 0.743. The average molecular weight is 343 g/mol. The van der Waals surface area contributed by atoms with Crippen molar-refractivity contribution in [3.8, 4) is 11.8 Å². The number of nitrogens with zero attached hydrogens (tertiary/aromatic N) is 2. The smallest absolute Gasteiger partial charge is 0.256 e. The number of unbranched alkanes of at least 4 members (excludes halogenated alkanes) is 1. The van der Waals surface area contributed by atoms with E-state index in [9.17, 15) is 8.42 Å². The van der Waals surface area contributed by atoms with Gasteiger partial charge in [0, 0.05) is 12.6 Å². The van der Waals surface area contributed by atoms with Crippen LogP contribution in [0.1, 0.15) is 18.4 Å². The van der Waals surface area contributed by atoms with Gasteiger partial charge in [0.2, 0.25) is 0 Å². The van der Waals surface area contributed by atoms with Crippen LogP contribution < -0.4 is 9.46 Å². The zero-order valence-corrected chi connectivity index (χ0v) is 13.7. The number of rotatable bonds is 8. The van der Waals surface area contributed by atoms with Gasteiger partial charge in [0.1, 0.15) is 0 Å². The normalized spacial score (nSPS) is 11.1.